The molecule has 2 amide bonds. The Kier molecular flexibility index (Phi) is 6.38. The third-order valence-electron chi connectivity index (χ3n) is 5.03. The summed E-state index contributed by atoms with van der Waals surface area (Å²) in [5.41, 5.74) is 3.38. The van der Waals surface area contributed by atoms with Gasteiger partial charge in [-0.3, -0.25) is 4.79 Å². The predicted octanol–water partition coefficient (Wildman–Crippen LogP) is 4.76. The summed E-state index contributed by atoms with van der Waals surface area (Å²) >= 11 is 0. The van der Waals surface area contributed by atoms with Crippen molar-refractivity contribution in [1.29, 1.82) is 0 Å². The molecule has 0 bridgehead atoms. The number of ether oxygens (including phenoxy) is 1. The van der Waals surface area contributed by atoms with Crippen LogP contribution < -0.4 is 5.32 Å². The molecule has 0 aliphatic carbocycles. The van der Waals surface area contributed by atoms with Crippen molar-refractivity contribution >= 4 is 23.4 Å². The van der Waals surface area contributed by atoms with Crippen LogP contribution in [0.1, 0.15) is 28.0 Å². The Hall–Kier alpha value is -3.93. The van der Waals surface area contributed by atoms with E-state index in [0.29, 0.717) is 30.9 Å². The van der Waals surface area contributed by atoms with E-state index in [0.717, 1.165) is 16.8 Å². The van der Waals surface area contributed by atoms with E-state index in [4.69, 9.17) is 4.74 Å². The number of rotatable bonds is 5. The number of hydrogen-bond donors (Lipinski definition) is 1. The molecule has 1 N–H and O–H groups in total. The van der Waals surface area contributed by atoms with Gasteiger partial charge in [-0.2, -0.15) is 0 Å². The van der Waals surface area contributed by atoms with Crippen LogP contribution in [0, 0.1) is 0 Å². The summed E-state index contributed by atoms with van der Waals surface area (Å²) in [6.07, 6.45) is 2.33. The molecule has 2 aromatic carbocycles. The lowest BCUT2D eigenvalue weighted by molar-refractivity contribution is 0.0996. The van der Waals surface area contributed by atoms with Crippen LogP contribution in [0.3, 0.4) is 0 Å². The fraction of sp³-hybridized carbons (Fsp3) is 0.160. The molecule has 0 fully saturated rings. The van der Waals surface area contributed by atoms with Crippen molar-refractivity contribution < 1.29 is 14.3 Å². The standard InChI is InChI=1S/C25H23N3O3/c29-24(21-10-5-2-6-11-21)27-23-13-7-12-22(26-23)20-14-16-28(17-15-20)25(30)31-18-19-8-3-1-4-9-19/h1-14H,15-18H2,(H,26,27,29). The van der Waals surface area contributed by atoms with Crippen LogP contribution in [0.25, 0.3) is 5.57 Å². The van der Waals surface area contributed by atoms with Crippen LogP contribution >= 0.6 is 0 Å². The van der Waals surface area contributed by atoms with Crippen molar-refractivity contribution in [3.05, 3.63) is 102 Å². The largest absolute Gasteiger partial charge is 0.445 e. The molecular weight excluding hydrogens is 390 g/mol. The van der Waals surface area contributed by atoms with E-state index in [1.54, 1.807) is 23.1 Å². The van der Waals surface area contributed by atoms with Crippen LogP contribution in [-0.4, -0.2) is 35.0 Å². The fourth-order valence-electron chi connectivity index (χ4n) is 3.34. The van der Waals surface area contributed by atoms with Gasteiger partial charge in [0.05, 0.1) is 5.69 Å². The third kappa shape index (κ3) is 5.36. The molecule has 31 heavy (non-hydrogen) atoms. The lowest BCUT2D eigenvalue weighted by atomic mass is 10.0. The second-order valence-electron chi connectivity index (χ2n) is 7.19. The summed E-state index contributed by atoms with van der Waals surface area (Å²) < 4.78 is 5.41. The van der Waals surface area contributed by atoms with Crippen molar-refractivity contribution in [2.24, 2.45) is 0 Å². The normalized spacial score (nSPS) is 13.3. The molecule has 1 aliphatic heterocycles. The number of amides is 2. The van der Waals surface area contributed by atoms with Gasteiger partial charge in [0.15, 0.2) is 0 Å². The minimum absolute atomic E-state index is 0.199. The van der Waals surface area contributed by atoms with Gasteiger partial charge in [0.2, 0.25) is 0 Å². The van der Waals surface area contributed by atoms with Crippen molar-refractivity contribution in [2.45, 2.75) is 13.0 Å². The van der Waals surface area contributed by atoms with Gasteiger partial charge in [-0.1, -0.05) is 60.7 Å². The molecule has 1 aromatic heterocycles. The van der Waals surface area contributed by atoms with Crippen LogP contribution in [0.4, 0.5) is 10.6 Å². The van der Waals surface area contributed by atoms with Crippen LogP contribution in [0.2, 0.25) is 0 Å². The first kappa shape index (κ1) is 20.3. The van der Waals surface area contributed by atoms with E-state index in [-0.39, 0.29) is 18.6 Å². The Balaban J connectivity index is 1.35. The molecular formula is C25H23N3O3. The topological polar surface area (TPSA) is 71.5 Å². The highest BCUT2D eigenvalue weighted by Crippen LogP contribution is 2.22. The first-order chi connectivity index (χ1) is 15.2. The second kappa shape index (κ2) is 9.71. The average Bonchev–Trinajstić information content (AvgIpc) is 2.84. The summed E-state index contributed by atoms with van der Waals surface area (Å²) in [5.74, 6) is 0.298. The van der Waals surface area contributed by atoms with Crippen molar-refractivity contribution in [3.63, 3.8) is 0 Å². The Labute approximate surface area is 181 Å². The van der Waals surface area contributed by atoms with Crippen LogP contribution in [0.5, 0.6) is 0 Å². The maximum atomic E-state index is 12.4. The number of carbonyl (C=O) groups excluding carboxylic acids is 2. The van der Waals surface area contributed by atoms with Crippen LogP contribution in [0.15, 0.2) is 84.9 Å². The van der Waals surface area contributed by atoms with Crippen LogP contribution in [-0.2, 0) is 11.3 Å². The first-order valence-corrected chi connectivity index (χ1v) is 10.2. The Bertz CT molecular complexity index is 1080. The molecule has 6 nitrogen and oxygen atoms in total. The molecule has 0 radical (unpaired) electrons. The zero-order chi connectivity index (χ0) is 21.5. The number of aromatic nitrogens is 1. The van der Waals surface area contributed by atoms with E-state index >= 15 is 0 Å². The van der Waals surface area contributed by atoms with Crippen molar-refractivity contribution in [2.75, 3.05) is 18.4 Å². The minimum atomic E-state index is -0.323. The van der Waals surface area contributed by atoms with E-state index < -0.39 is 0 Å². The van der Waals surface area contributed by atoms with Gasteiger partial charge in [-0.15, -0.1) is 0 Å². The predicted molar refractivity (Wildman–Crippen MR) is 119 cm³/mol. The number of pyridine rings is 1. The summed E-state index contributed by atoms with van der Waals surface area (Å²) in [7, 11) is 0. The quantitative estimate of drug-likeness (QED) is 0.655. The second-order valence-corrected chi connectivity index (χ2v) is 7.19. The SMILES string of the molecule is O=C(Nc1cccc(C2=CCN(C(=O)OCc3ccccc3)CC2)n1)c1ccccc1. The Morgan fingerprint density at radius 3 is 2.39 bits per heavy atom. The van der Waals surface area contributed by atoms with E-state index in [1.165, 1.54) is 0 Å². The zero-order valence-electron chi connectivity index (χ0n) is 17.0. The third-order valence-corrected chi connectivity index (χ3v) is 5.03. The number of nitrogens with zero attached hydrogens (tertiary/aromatic N) is 2. The number of nitrogens with one attached hydrogen (secondary N) is 1. The molecule has 3 aromatic rings. The monoisotopic (exact) mass is 413 g/mol. The Morgan fingerprint density at radius 1 is 0.935 bits per heavy atom. The van der Waals surface area contributed by atoms with Gasteiger partial charge in [-0.25, -0.2) is 9.78 Å². The van der Waals surface area contributed by atoms with Crippen molar-refractivity contribution in [3.8, 4) is 0 Å². The lowest BCUT2D eigenvalue weighted by Crippen LogP contribution is -2.35. The fourth-order valence-corrected chi connectivity index (χ4v) is 3.34. The van der Waals surface area contributed by atoms with Gasteiger partial charge < -0.3 is 15.0 Å². The van der Waals surface area contributed by atoms with Gasteiger partial charge in [-0.05, 0) is 41.8 Å². The maximum Gasteiger partial charge on any atom is 0.410 e. The van der Waals surface area contributed by atoms with E-state index in [1.807, 2.05) is 66.7 Å². The summed E-state index contributed by atoms with van der Waals surface area (Å²) in [5, 5.41) is 2.84. The Morgan fingerprint density at radius 2 is 1.68 bits per heavy atom. The molecule has 0 saturated carbocycles. The van der Waals surface area contributed by atoms with Gasteiger partial charge in [0.1, 0.15) is 12.4 Å². The highest BCUT2D eigenvalue weighted by molar-refractivity contribution is 6.03. The summed E-state index contributed by atoms with van der Waals surface area (Å²) in [6.45, 7) is 1.28. The summed E-state index contributed by atoms with van der Waals surface area (Å²) in [4.78, 5) is 30.9. The number of anilines is 1. The summed E-state index contributed by atoms with van der Waals surface area (Å²) in [6, 6.07) is 24.2. The highest BCUT2D eigenvalue weighted by atomic mass is 16.6. The van der Waals surface area contributed by atoms with E-state index in [9.17, 15) is 9.59 Å². The van der Waals surface area contributed by atoms with Gasteiger partial charge in [0.25, 0.3) is 5.91 Å². The molecule has 1 aliphatic rings. The van der Waals surface area contributed by atoms with E-state index in [2.05, 4.69) is 10.3 Å². The van der Waals surface area contributed by atoms with Gasteiger partial charge >= 0.3 is 6.09 Å². The van der Waals surface area contributed by atoms with Crippen molar-refractivity contribution in [1.82, 2.24) is 9.88 Å². The maximum absolute atomic E-state index is 12.4. The molecule has 4 rings (SSSR count). The minimum Gasteiger partial charge on any atom is -0.445 e. The molecule has 0 saturated heterocycles. The molecule has 0 spiro atoms. The molecule has 6 heteroatoms. The number of carbonyl (C=O) groups is 2. The molecule has 2 heterocycles. The molecule has 0 atom stereocenters. The first-order valence-electron chi connectivity index (χ1n) is 10.2. The highest BCUT2D eigenvalue weighted by Gasteiger charge is 2.20. The average molecular weight is 413 g/mol. The molecule has 0 unspecified atom stereocenters. The van der Waals surface area contributed by atoms with Gasteiger partial charge in [0, 0.05) is 18.7 Å². The smallest absolute Gasteiger partial charge is 0.410 e. The lowest BCUT2D eigenvalue weighted by Gasteiger charge is -2.25. The molecule has 156 valence electrons. The zero-order valence-corrected chi connectivity index (χ0v) is 17.0. The number of hydrogen-bond acceptors (Lipinski definition) is 4. The number of benzene rings is 2.